The van der Waals surface area contributed by atoms with Crippen LogP contribution in [-0.4, -0.2) is 21.8 Å². The van der Waals surface area contributed by atoms with Gasteiger partial charge in [0.1, 0.15) is 0 Å². The number of nitrogens with zero attached hydrogens (tertiary/aromatic N) is 3. The van der Waals surface area contributed by atoms with Gasteiger partial charge in [0.2, 0.25) is 0 Å². The number of nitrogen functional groups attached to an aromatic ring is 1. The van der Waals surface area contributed by atoms with Crippen molar-refractivity contribution >= 4 is 17.7 Å². The number of guanidine groups is 1. The van der Waals surface area contributed by atoms with Crippen molar-refractivity contribution in [1.82, 2.24) is 9.97 Å². The van der Waals surface area contributed by atoms with Crippen LogP contribution in [0.4, 0.5) is 19.0 Å². The number of amides is 1. The molecular weight excluding hydrogens is 241 g/mol. The predicted molar refractivity (Wildman–Crippen MR) is 51.6 cm³/mol. The van der Waals surface area contributed by atoms with Gasteiger partial charge in [0, 0.05) is 0 Å². The summed E-state index contributed by atoms with van der Waals surface area (Å²) in [6.45, 7) is 0. The molecule has 0 radical (unpaired) electrons. The van der Waals surface area contributed by atoms with E-state index in [2.05, 4.69) is 15.0 Å². The van der Waals surface area contributed by atoms with Crippen molar-refractivity contribution in [3.05, 3.63) is 17.6 Å². The van der Waals surface area contributed by atoms with Gasteiger partial charge in [-0.25, -0.2) is 9.97 Å². The molecule has 6 N–H and O–H groups in total. The Balaban J connectivity index is 3.25. The van der Waals surface area contributed by atoms with Crippen molar-refractivity contribution in [3.8, 4) is 0 Å². The minimum absolute atomic E-state index is 0.404. The third kappa shape index (κ3) is 3.03. The van der Waals surface area contributed by atoms with E-state index in [1.165, 1.54) is 0 Å². The Morgan fingerprint density at radius 1 is 1.35 bits per heavy atom. The molecule has 0 saturated carbocycles. The Bertz CT molecular complexity index is 479. The molecule has 0 aliphatic heterocycles. The maximum atomic E-state index is 12.3. The van der Waals surface area contributed by atoms with E-state index in [1.807, 2.05) is 0 Å². The summed E-state index contributed by atoms with van der Waals surface area (Å²) in [5.41, 5.74) is 12.9. The molecule has 0 bridgehead atoms. The van der Waals surface area contributed by atoms with Gasteiger partial charge in [-0.05, 0) is 0 Å². The van der Waals surface area contributed by atoms with Crippen LogP contribution in [0.2, 0.25) is 0 Å². The number of anilines is 1. The normalized spacial score (nSPS) is 11.0. The molecule has 1 heterocycles. The Morgan fingerprint density at radius 2 is 1.94 bits per heavy atom. The monoisotopic (exact) mass is 248 g/mol. The predicted octanol–water partition coefficient (Wildman–Crippen LogP) is -0.509. The van der Waals surface area contributed by atoms with Gasteiger partial charge in [0.25, 0.3) is 0 Å². The number of carbonyl (C=O) groups is 1. The first-order valence-corrected chi connectivity index (χ1v) is 4.05. The van der Waals surface area contributed by atoms with Crippen LogP contribution in [0.5, 0.6) is 0 Å². The molecular formula is C7H7F3N6O. The highest BCUT2D eigenvalue weighted by Crippen LogP contribution is 2.27. The molecule has 92 valence electrons. The van der Waals surface area contributed by atoms with Crippen LogP contribution in [0, 0.1) is 0 Å². The van der Waals surface area contributed by atoms with Crippen LogP contribution in [0.1, 0.15) is 16.2 Å². The second-order valence-electron chi connectivity index (χ2n) is 2.83. The van der Waals surface area contributed by atoms with Gasteiger partial charge in [0.05, 0.1) is 6.20 Å². The summed E-state index contributed by atoms with van der Waals surface area (Å²) in [6, 6.07) is 0. The zero-order valence-corrected chi connectivity index (χ0v) is 8.19. The second-order valence-corrected chi connectivity index (χ2v) is 2.83. The van der Waals surface area contributed by atoms with Crippen LogP contribution < -0.4 is 17.2 Å². The highest BCUT2D eigenvalue weighted by molar-refractivity contribution is 6.03. The fourth-order valence-corrected chi connectivity index (χ4v) is 0.863. The Labute approximate surface area is 92.5 Å². The highest BCUT2D eigenvalue weighted by atomic mass is 19.4. The lowest BCUT2D eigenvalue weighted by molar-refractivity contribution is -0.141. The number of aliphatic imine (C=N–C) groups is 1. The molecule has 0 aromatic carbocycles. The third-order valence-corrected chi connectivity index (χ3v) is 1.52. The third-order valence-electron chi connectivity index (χ3n) is 1.52. The smallest absolute Gasteiger partial charge is 0.382 e. The van der Waals surface area contributed by atoms with Gasteiger partial charge < -0.3 is 17.2 Å². The number of halogens is 3. The summed E-state index contributed by atoms with van der Waals surface area (Å²) < 4.78 is 36.9. The van der Waals surface area contributed by atoms with Crippen molar-refractivity contribution in [3.63, 3.8) is 0 Å². The molecule has 0 spiro atoms. The summed E-state index contributed by atoms with van der Waals surface area (Å²) in [6.07, 6.45) is -4.34. The van der Waals surface area contributed by atoms with Crippen molar-refractivity contribution in [2.45, 2.75) is 6.18 Å². The van der Waals surface area contributed by atoms with E-state index in [0.29, 0.717) is 6.20 Å². The highest BCUT2D eigenvalue weighted by Gasteiger charge is 2.34. The molecule has 0 fully saturated rings. The number of hydrogen-bond donors (Lipinski definition) is 3. The number of rotatable bonds is 1. The Hall–Kier alpha value is -2.39. The summed E-state index contributed by atoms with van der Waals surface area (Å²) in [7, 11) is 0. The molecule has 0 aliphatic rings. The van der Waals surface area contributed by atoms with Gasteiger partial charge >= 0.3 is 12.1 Å². The van der Waals surface area contributed by atoms with Crippen LogP contribution >= 0.6 is 0 Å². The summed E-state index contributed by atoms with van der Waals surface area (Å²) in [4.78, 5) is 20.5. The lowest BCUT2D eigenvalue weighted by atomic mass is 10.3. The number of carbonyl (C=O) groups excluding carboxylic acids is 1. The maximum Gasteiger partial charge on any atom is 0.434 e. The molecule has 1 aromatic heterocycles. The van der Waals surface area contributed by atoms with E-state index in [-0.39, 0.29) is 0 Å². The molecule has 1 rings (SSSR count). The van der Waals surface area contributed by atoms with Crippen LogP contribution in [0.3, 0.4) is 0 Å². The van der Waals surface area contributed by atoms with Gasteiger partial charge in [-0.15, -0.1) is 0 Å². The minimum atomic E-state index is -4.74. The largest absolute Gasteiger partial charge is 0.434 e. The average molecular weight is 248 g/mol. The minimum Gasteiger partial charge on any atom is -0.382 e. The Morgan fingerprint density at radius 3 is 2.41 bits per heavy atom. The SMILES string of the molecule is NC(N)=NC(=O)c1nc(C(F)(F)F)cnc1N. The number of alkyl halides is 3. The maximum absolute atomic E-state index is 12.3. The van der Waals surface area contributed by atoms with Gasteiger partial charge in [-0.1, -0.05) is 0 Å². The lowest BCUT2D eigenvalue weighted by Crippen LogP contribution is -2.25. The zero-order chi connectivity index (χ0) is 13.2. The van der Waals surface area contributed by atoms with Crippen LogP contribution in [0.15, 0.2) is 11.2 Å². The fraction of sp³-hybridized carbons (Fsp3) is 0.143. The average Bonchev–Trinajstić information content (AvgIpc) is 2.15. The van der Waals surface area contributed by atoms with E-state index in [1.54, 1.807) is 0 Å². The second kappa shape index (κ2) is 4.23. The van der Waals surface area contributed by atoms with E-state index < -0.39 is 35.2 Å². The van der Waals surface area contributed by atoms with E-state index in [0.717, 1.165) is 0 Å². The molecule has 7 nitrogen and oxygen atoms in total. The van der Waals surface area contributed by atoms with Crippen molar-refractivity contribution < 1.29 is 18.0 Å². The first-order chi connectivity index (χ1) is 7.71. The first kappa shape index (κ1) is 12.7. The number of nitrogens with two attached hydrogens (primary N) is 3. The lowest BCUT2D eigenvalue weighted by Gasteiger charge is -2.07. The van der Waals surface area contributed by atoms with Crippen molar-refractivity contribution in [2.24, 2.45) is 16.5 Å². The standard InChI is InChI=1S/C7H7F3N6O/c8-7(9,10)2-1-14-4(11)3(15-2)5(17)16-6(12)13/h1H,(H2,11,14)(H4,12,13,16,17). The van der Waals surface area contributed by atoms with Crippen molar-refractivity contribution in [1.29, 1.82) is 0 Å². The zero-order valence-electron chi connectivity index (χ0n) is 8.19. The van der Waals surface area contributed by atoms with Gasteiger partial charge in [0.15, 0.2) is 23.2 Å². The summed E-state index contributed by atoms with van der Waals surface area (Å²) >= 11 is 0. The molecule has 1 aromatic rings. The fourth-order valence-electron chi connectivity index (χ4n) is 0.863. The Kier molecular flexibility index (Phi) is 3.16. The van der Waals surface area contributed by atoms with E-state index >= 15 is 0 Å². The van der Waals surface area contributed by atoms with E-state index in [9.17, 15) is 18.0 Å². The molecule has 0 atom stereocenters. The summed E-state index contributed by atoms with van der Waals surface area (Å²) in [5.74, 6) is -2.30. The molecule has 10 heteroatoms. The quantitative estimate of drug-likeness (QED) is 0.452. The first-order valence-electron chi connectivity index (χ1n) is 4.05. The number of hydrogen-bond acceptors (Lipinski definition) is 4. The molecule has 0 aliphatic carbocycles. The topological polar surface area (TPSA) is 133 Å². The summed E-state index contributed by atoms with van der Waals surface area (Å²) in [5, 5.41) is 0. The number of aromatic nitrogens is 2. The van der Waals surface area contributed by atoms with Crippen LogP contribution in [-0.2, 0) is 6.18 Å². The molecule has 1 amide bonds. The van der Waals surface area contributed by atoms with Crippen LogP contribution in [0.25, 0.3) is 0 Å². The molecule has 0 saturated heterocycles. The van der Waals surface area contributed by atoms with E-state index in [4.69, 9.17) is 17.2 Å². The van der Waals surface area contributed by atoms with Crippen molar-refractivity contribution in [2.75, 3.05) is 5.73 Å². The van der Waals surface area contributed by atoms with Gasteiger partial charge in [-0.2, -0.15) is 18.2 Å². The van der Waals surface area contributed by atoms with Gasteiger partial charge in [-0.3, -0.25) is 4.79 Å². The molecule has 0 unspecified atom stereocenters. The molecule has 17 heavy (non-hydrogen) atoms.